The predicted molar refractivity (Wildman–Crippen MR) is 130 cm³/mol. The standard InChI is InChI=1S/C25H30F3N5O2S/c1-32-13-19-18(3-2-4-20(19)31-32)24(34)29-17-7-5-16(6-8-17)9-11-33-12-10-22-21(14-33)30-23(36-22)15-35-25(26,27)28/h2-4,13,16-17H,5-12,14-15H2,1H3,(H,29,34). The Bertz CT molecular complexity index is 1220. The first kappa shape index (κ1) is 25.2. The number of amides is 1. The van der Waals surface area contributed by atoms with E-state index < -0.39 is 13.0 Å². The van der Waals surface area contributed by atoms with Crippen LogP contribution >= 0.6 is 11.3 Å². The Labute approximate surface area is 211 Å². The maximum Gasteiger partial charge on any atom is 0.522 e. The second-order valence-corrected chi connectivity index (χ2v) is 10.9. The summed E-state index contributed by atoms with van der Waals surface area (Å²) in [6.45, 7) is 2.03. The lowest BCUT2D eigenvalue weighted by Gasteiger charge is -2.32. The number of nitrogens with zero attached hydrogens (tertiary/aromatic N) is 4. The monoisotopic (exact) mass is 521 g/mol. The van der Waals surface area contributed by atoms with Gasteiger partial charge >= 0.3 is 6.36 Å². The number of nitrogens with one attached hydrogen (secondary N) is 1. The van der Waals surface area contributed by atoms with Gasteiger partial charge in [0.25, 0.3) is 5.91 Å². The topological polar surface area (TPSA) is 72.3 Å². The Morgan fingerprint density at radius 2 is 2.06 bits per heavy atom. The second-order valence-electron chi connectivity index (χ2n) is 9.76. The first-order chi connectivity index (χ1) is 17.2. The van der Waals surface area contributed by atoms with Gasteiger partial charge in [0.1, 0.15) is 11.6 Å². The van der Waals surface area contributed by atoms with Gasteiger partial charge in [-0.2, -0.15) is 5.10 Å². The average Bonchev–Trinajstić information content (AvgIpc) is 3.43. The molecule has 0 radical (unpaired) electrons. The number of hydrogen-bond donors (Lipinski definition) is 1. The second kappa shape index (κ2) is 10.5. The molecule has 1 aromatic carbocycles. The molecule has 36 heavy (non-hydrogen) atoms. The molecule has 0 unspecified atom stereocenters. The predicted octanol–water partition coefficient (Wildman–Crippen LogP) is 4.80. The lowest BCUT2D eigenvalue weighted by Crippen LogP contribution is -2.38. The Hall–Kier alpha value is -2.50. The Balaban J connectivity index is 1.06. The smallest absolute Gasteiger partial charge is 0.349 e. The molecule has 1 aliphatic carbocycles. The Morgan fingerprint density at radius 1 is 1.25 bits per heavy atom. The van der Waals surface area contributed by atoms with Crippen LogP contribution < -0.4 is 5.32 Å². The lowest BCUT2D eigenvalue weighted by molar-refractivity contribution is -0.330. The van der Waals surface area contributed by atoms with Crippen molar-refractivity contribution < 1.29 is 22.7 Å². The molecule has 0 atom stereocenters. The van der Waals surface area contributed by atoms with E-state index in [0.717, 1.165) is 73.1 Å². The number of rotatable bonds is 7. The van der Waals surface area contributed by atoms with Crippen LogP contribution in [0.5, 0.6) is 0 Å². The number of carbonyl (C=O) groups is 1. The fraction of sp³-hybridized carbons (Fsp3) is 0.560. The van der Waals surface area contributed by atoms with E-state index in [9.17, 15) is 18.0 Å². The number of hydrogen-bond acceptors (Lipinski definition) is 6. The van der Waals surface area contributed by atoms with Crippen LogP contribution in [0.15, 0.2) is 24.4 Å². The van der Waals surface area contributed by atoms with Crippen LogP contribution in [0.1, 0.15) is 58.0 Å². The number of ether oxygens (including phenoxy) is 1. The van der Waals surface area contributed by atoms with E-state index in [2.05, 4.69) is 25.0 Å². The van der Waals surface area contributed by atoms with Crippen molar-refractivity contribution >= 4 is 28.1 Å². The summed E-state index contributed by atoms with van der Waals surface area (Å²) in [6.07, 6.45) is 3.26. The third-order valence-electron chi connectivity index (χ3n) is 7.16. The SMILES string of the molecule is Cn1cc2c(C(=O)NC3CCC(CCN4CCc5sc(COC(F)(F)F)nc5C4)CC3)cccc2n1. The maximum atomic E-state index is 12.9. The van der Waals surface area contributed by atoms with Crippen LogP contribution in [0.25, 0.3) is 10.9 Å². The van der Waals surface area contributed by atoms with Gasteiger partial charge < -0.3 is 5.32 Å². The molecule has 1 amide bonds. The molecular weight excluding hydrogens is 491 g/mol. The van der Waals surface area contributed by atoms with Gasteiger partial charge in [0.2, 0.25) is 0 Å². The van der Waals surface area contributed by atoms with Crippen LogP contribution in [0.2, 0.25) is 0 Å². The summed E-state index contributed by atoms with van der Waals surface area (Å²) in [7, 11) is 1.85. The third kappa shape index (κ3) is 6.07. The van der Waals surface area contributed by atoms with Crippen molar-refractivity contribution in [1.29, 1.82) is 0 Å². The average molecular weight is 522 g/mol. The number of halogens is 3. The van der Waals surface area contributed by atoms with Gasteiger partial charge in [-0.1, -0.05) is 6.07 Å². The van der Waals surface area contributed by atoms with Gasteiger partial charge in [0.05, 0.1) is 16.8 Å². The number of alkyl halides is 3. The van der Waals surface area contributed by atoms with Gasteiger partial charge in [-0.05, 0) is 63.1 Å². The van der Waals surface area contributed by atoms with E-state index in [-0.39, 0.29) is 11.9 Å². The van der Waals surface area contributed by atoms with Gasteiger partial charge in [0.15, 0.2) is 0 Å². The van der Waals surface area contributed by atoms with E-state index in [4.69, 9.17) is 0 Å². The highest BCUT2D eigenvalue weighted by Gasteiger charge is 2.30. The van der Waals surface area contributed by atoms with Crippen molar-refractivity contribution in [3.05, 3.63) is 45.5 Å². The first-order valence-corrected chi connectivity index (χ1v) is 13.2. The van der Waals surface area contributed by atoms with Crippen molar-refractivity contribution in [2.75, 3.05) is 13.1 Å². The fourth-order valence-electron chi connectivity index (χ4n) is 5.29. The van der Waals surface area contributed by atoms with Crippen molar-refractivity contribution in [3.63, 3.8) is 0 Å². The molecule has 1 N–H and O–H groups in total. The molecule has 1 aliphatic heterocycles. The van der Waals surface area contributed by atoms with Crippen LogP contribution in [0, 0.1) is 5.92 Å². The van der Waals surface area contributed by atoms with Crippen LogP contribution in [0.3, 0.4) is 0 Å². The molecule has 194 valence electrons. The van der Waals surface area contributed by atoms with Gasteiger partial charge in [-0.15, -0.1) is 24.5 Å². The van der Waals surface area contributed by atoms with Gasteiger partial charge in [0, 0.05) is 42.6 Å². The molecule has 11 heteroatoms. The number of carbonyl (C=O) groups excluding carboxylic acids is 1. The minimum Gasteiger partial charge on any atom is -0.349 e. The summed E-state index contributed by atoms with van der Waals surface area (Å²) in [6, 6.07) is 5.82. The quantitative estimate of drug-likeness (QED) is 0.484. The fourth-order valence-corrected chi connectivity index (χ4v) is 6.27. The number of thiazole rings is 1. The summed E-state index contributed by atoms with van der Waals surface area (Å²) in [4.78, 5) is 20.7. The van der Waals surface area contributed by atoms with Crippen molar-refractivity contribution in [2.24, 2.45) is 13.0 Å². The Morgan fingerprint density at radius 3 is 2.83 bits per heavy atom. The number of aryl methyl sites for hydroxylation is 1. The first-order valence-electron chi connectivity index (χ1n) is 12.4. The van der Waals surface area contributed by atoms with Crippen molar-refractivity contribution in [3.8, 4) is 0 Å². The molecule has 0 spiro atoms. The molecular formula is C25H30F3N5O2S. The van der Waals surface area contributed by atoms with Crippen LogP contribution in [-0.2, 0) is 31.4 Å². The van der Waals surface area contributed by atoms with Crippen LogP contribution in [0.4, 0.5) is 13.2 Å². The third-order valence-corrected chi connectivity index (χ3v) is 8.29. The molecule has 2 aromatic heterocycles. The molecule has 1 fully saturated rings. The summed E-state index contributed by atoms with van der Waals surface area (Å²) >= 11 is 1.33. The normalized spacial score (nSPS) is 21.0. The number of aromatic nitrogens is 3. The highest BCUT2D eigenvalue weighted by atomic mass is 32.1. The largest absolute Gasteiger partial charge is 0.522 e. The number of benzene rings is 1. The molecule has 5 rings (SSSR count). The molecule has 1 saturated carbocycles. The minimum atomic E-state index is -4.63. The van der Waals surface area contributed by atoms with Crippen LogP contribution in [-0.4, -0.2) is 51.1 Å². The van der Waals surface area contributed by atoms with E-state index in [1.165, 1.54) is 11.3 Å². The summed E-state index contributed by atoms with van der Waals surface area (Å²) < 4.78 is 42.6. The highest BCUT2D eigenvalue weighted by Crippen LogP contribution is 2.30. The zero-order valence-electron chi connectivity index (χ0n) is 20.2. The maximum absolute atomic E-state index is 12.9. The summed E-state index contributed by atoms with van der Waals surface area (Å²) in [5.74, 6) is 0.580. The zero-order chi connectivity index (χ0) is 25.3. The van der Waals surface area contributed by atoms with E-state index in [0.29, 0.717) is 23.0 Å². The van der Waals surface area contributed by atoms with Crippen molar-refractivity contribution in [2.45, 2.75) is 64.1 Å². The molecule has 3 aromatic rings. The highest BCUT2D eigenvalue weighted by molar-refractivity contribution is 7.11. The minimum absolute atomic E-state index is 0.0376. The van der Waals surface area contributed by atoms with Crippen molar-refractivity contribution in [1.82, 2.24) is 25.0 Å². The number of fused-ring (bicyclic) bond motifs is 2. The molecule has 7 nitrogen and oxygen atoms in total. The zero-order valence-corrected chi connectivity index (χ0v) is 21.0. The van der Waals surface area contributed by atoms with E-state index >= 15 is 0 Å². The van der Waals surface area contributed by atoms with Gasteiger partial charge in [-0.25, -0.2) is 4.98 Å². The molecule has 0 saturated heterocycles. The van der Waals surface area contributed by atoms with E-state index in [1.807, 2.05) is 31.4 Å². The lowest BCUT2D eigenvalue weighted by atomic mass is 9.84. The Kier molecular flexibility index (Phi) is 7.32. The molecule has 0 bridgehead atoms. The molecule has 2 aliphatic rings. The summed E-state index contributed by atoms with van der Waals surface area (Å²) in [5, 5.41) is 8.87. The van der Waals surface area contributed by atoms with E-state index in [1.54, 1.807) is 4.68 Å². The van der Waals surface area contributed by atoms with Gasteiger partial charge in [-0.3, -0.25) is 19.1 Å². The molecule has 3 heterocycles. The summed E-state index contributed by atoms with van der Waals surface area (Å²) in [5.41, 5.74) is 2.38.